The van der Waals surface area contributed by atoms with E-state index in [9.17, 15) is 0 Å². The molecule has 5 heteroatoms. The number of rotatable bonds is 2. The molecule has 0 fully saturated rings. The van der Waals surface area contributed by atoms with Crippen LogP contribution >= 0.6 is 11.3 Å². The molecule has 0 aromatic carbocycles. The Morgan fingerprint density at radius 1 is 1.37 bits per heavy atom. The minimum Gasteiger partial charge on any atom is -0.442 e. The highest BCUT2D eigenvalue weighted by atomic mass is 32.1. The average Bonchev–Trinajstić information content (AvgIpc) is 3.18. The molecule has 0 N–H and O–H groups in total. The van der Waals surface area contributed by atoms with Crippen molar-refractivity contribution in [3.8, 4) is 16.5 Å². The van der Waals surface area contributed by atoms with E-state index in [1.54, 1.807) is 17.5 Å². The van der Waals surface area contributed by atoms with Crippen LogP contribution in [0.3, 0.4) is 0 Å². The molecule has 0 saturated carbocycles. The number of nitrogens with zero attached hydrogens (tertiary/aromatic N) is 3. The highest BCUT2D eigenvalue weighted by Gasteiger charge is 2.21. The van der Waals surface area contributed by atoms with Gasteiger partial charge in [0.15, 0.2) is 12.2 Å². The topological polar surface area (TPSA) is 43.9 Å². The number of thiophene rings is 1. The van der Waals surface area contributed by atoms with Gasteiger partial charge in [0, 0.05) is 5.56 Å². The smallest absolute Gasteiger partial charge is 0.181 e. The van der Waals surface area contributed by atoms with Gasteiger partial charge in [0.25, 0.3) is 0 Å². The lowest BCUT2D eigenvalue weighted by Gasteiger charge is -2.08. The van der Waals surface area contributed by atoms with Gasteiger partial charge in [-0.3, -0.25) is 0 Å². The molecule has 3 aromatic rings. The van der Waals surface area contributed by atoms with Crippen molar-refractivity contribution in [1.29, 1.82) is 0 Å². The van der Waals surface area contributed by atoms with Gasteiger partial charge in [0.05, 0.1) is 11.9 Å². The predicted molar refractivity (Wildman–Crippen MR) is 74.3 cm³/mol. The highest BCUT2D eigenvalue weighted by Crippen LogP contribution is 2.32. The van der Waals surface area contributed by atoms with Gasteiger partial charge in [-0.25, -0.2) is 9.67 Å². The van der Waals surface area contributed by atoms with Crippen LogP contribution in [-0.4, -0.2) is 14.8 Å². The van der Waals surface area contributed by atoms with Crippen LogP contribution in [-0.2, 0) is 6.42 Å². The summed E-state index contributed by atoms with van der Waals surface area (Å²) in [7, 11) is 0. The SMILES string of the molecule is C1=Cc2c(-c3cnco3)nn(-c3cccs3)c2CC1. The normalized spacial score (nSPS) is 13.7. The quantitative estimate of drug-likeness (QED) is 0.714. The highest BCUT2D eigenvalue weighted by molar-refractivity contribution is 7.12. The fraction of sp³-hybridized carbons (Fsp3) is 0.143. The van der Waals surface area contributed by atoms with Crippen LogP contribution < -0.4 is 0 Å². The van der Waals surface area contributed by atoms with Crippen molar-refractivity contribution in [3.63, 3.8) is 0 Å². The lowest BCUT2D eigenvalue weighted by Crippen LogP contribution is -2.02. The van der Waals surface area contributed by atoms with E-state index in [4.69, 9.17) is 9.52 Å². The van der Waals surface area contributed by atoms with Gasteiger partial charge in [-0.05, 0) is 30.4 Å². The molecule has 0 unspecified atom stereocenters. The molecule has 0 bridgehead atoms. The third-order valence-corrected chi connectivity index (χ3v) is 4.08. The fourth-order valence-electron chi connectivity index (χ4n) is 2.39. The summed E-state index contributed by atoms with van der Waals surface area (Å²) in [5.74, 6) is 0.720. The maximum atomic E-state index is 5.40. The molecule has 19 heavy (non-hydrogen) atoms. The van der Waals surface area contributed by atoms with E-state index >= 15 is 0 Å². The van der Waals surface area contributed by atoms with Gasteiger partial charge in [-0.1, -0.05) is 12.2 Å². The molecule has 3 aromatic heterocycles. The first-order valence-electron chi connectivity index (χ1n) is 6.14. The second-order valence-corrected chi connectivity index (χ2v) is 5.30. The van der Waals surface area contributed by atoms with Gasteiger partial charge >= 0.3 is 0 Å². The second kappa shape index (κ2) is 4.20. The predicted octanol–water partition coefficient (Wildman–Crippen LogP) is 3.55. The minimum absolute atomic E-state index is 0.720. The van der Waals surface area contributed by atoms with Crippen molar-refractivity contribution in [1.82, 2.24) is 14.8 Å². The Hall–Kier alpha value is -2.14. The summed E-state index contributed by atoms with van der Waals surface area (Å²) in [6.07, 6.45) is 9.53. The summed E-state index contributed by atoms with van der Waals surface area (Å²) < 4.78 is 7.43. The molecule has 0 spiro atoms. The summed E-state index contributed by atoms with van der Waals surface area (Å²) in [5, 5.41) is 7.92. The zero-order valence-corrected chi connectivity index (χ0v) is 10.9. The number of aromatic nitrogens is 3. The van der Waals surface area contributed by atoms with E-state index in [1.165, 1.54) is 12.1 Å². The van der Waals surface area contributed by atoms with Crippen molar-refractivity contribution in [2.75, 3.05) is 0 Å². The molecular weight excluding hydrogens is 258 g/mol. The largest absolute Gasteiger partial charge is 0.442 e. The fourth-order valence-corrected chi connectivity index (χ4v) is 3.09. The first-order chi connectivity index (χ1) is 9.43. The second-order valence-electron chi connectivity index (χ2n) is 4.38. The van der Waals surface area contributed by atoms with Crippen LogP contribution in [0.2, 0.25) is 0 Å². The van der Waals surface area contributed by atoms with Crippen molar-refractivity contribution < 1.29 is 4.42 Å². The van der Waals surface area contributed by atoms with Crippen LogP contribution in [0.5, 0.6) is 0 Å². The lowest BCUT2D eigenvalue weighted by atomic mass is 10.0. The third kappa shape index (κ3) is 1.66. The van der Waals surface area contributed by atoms with E-state index in [2.05, 4.69) is 28.6 Å². The molecule has 0 amide bonds. The number of oxazole rings is 1. The zero-order chi connectivity index (χ0) is 12.7. The summed E-state index contributed by atoms with van der Waals surface area (Å²) in [4.78, 5) is 3.98. The summed E-state index contributed by atoms with van der Waals surface area (Å²) in [5.41, 5.74) is 3.27. The Labute approximate surface area is 114 Å². The summed E-state index contributed by atoms with van der Waals surface area (Å²) >= 11 is 1.69. The molecule has 1 aliphatic rings. The number of hydrogen-bond donors (Lipinski definition) is 0. The number of allylic oxidation sites excluding steroid dienone is 1. The molecule has 4 rings (SSSR count). The van der Waals surface area contributed by atoms with Gasteiger partial charge < -0.3 is 4.42 Å². The van der Waals surface area contributed by atoms with Gasteiger partial charge in [-0.15, -0.1) is 11.3 Å². The minimum atomic E-state index is 0.720. The number of fused-ring (bicyclic) bond motifs is 1. The van der Waals surface area contributed by atoms with Crippen LogP contribution in [0.1, 0.15) is 17.7 Å². The Balaban J connectivity index is 1.97. The molecule has 0 saturated heterocycles. The summed E-state index contributed by atoms with van der Waals surface area (Å²) in [6.45, 7) is 0. The van der Waals surface area contributed by atoms with Crippen LogP contribution in [0.4, 0.5) is 0 Å². The molecule has 0 aliphatic heterocycles. The van der Waals surface area contributed by atoms with Crippen molar-refractivity contribution in [2.24, 2.45) is 0 Å². The van der Waals surface area contributed by atoms with Crippen LogP contribution in [0.15, 0.2) is 40.6 Å². The maximum Gasteiger partial charge on any atom is 0.181 e. The van der Waals surface area contributed by atoms with Gasteiger partial charge in [0.1, 0.15) is 10.7 Å². The average molecular weight is 269 g/mol. The Kier molecular flexibility index (Phi) is 2.38. The van der Waals surface area contributed by atoms with E-state index in [0.29, 0.717) is 0 Å². The monoisotopic (exact) mass is 269 g/mol. The van der Waals surface area contributed by atoms with E-state index in [0.717, 1.165) is 34.9 Å². The van der Waals surface area contributed by atoms with Gasteiger partial charge in [0.2, 0.25) is 0 Å². The first-order valence-corrected chi connectivity index (χ1v) is 7.02. The molecule has 4 nitrogen and oxygen atoms in total. The Morgan fingerprint density at radius 2 is 2.37 bits per heavy atom. The van der Waals surface area contributed by atoms with E-state index in [1.807, 2.05) is 10.7 Å². The molecule has 0 radical (unpaired) electrons. The van der Waals surface area contributed by atoms with E-state index in [-0.39, 0.29) is 0 Å². The van der Waals surface area contributed by atoms with Crippen LogP contribution in [0, 0.1) is 0 Å². The van der Waals surface area contributed by atoms with Crippen molar-refractivity contribution in [2.45, 2.75) is 12.8 Å². The van der Waals surface area contributed by atoms with Crippen molar-refractivity contribution in [3.05, 3.63) is 47.4 Å². The maximum absolute atomic E-state index is 5.40. The molecule has 1 aliphatic carbocycles. The van der Waals surface area contributed by atoms with Gasteiger partial charge in [-0.2, -0.15) is 5.10 Å². The van der Waals surface area contributed by atoms with Crippen LogP contribution in [0.25, 0.3) is 22.5 Å². The molecule has 94 valence electrons. The summed E-state index contributed by atoms with van der Waals surface area (Å²) in [6, 6.07) is 4.13. The molecule has 0 atom stereocenters. The first kappa shape index (κ1) is 10.8. The Bertz CT molecular complexity index is 723. The molecule has 3 heterocycles. The molecular formula is C14H11N3OS. The number of hydrogen-bond acceptors (Lipinski definition) is 4. The van der Waals surface area contributed by atoms with Crippen molar-refractivity contribution >= 4 is 17.4 Å². The Morgan fingerprint density at radius 3 is 3.16 bits per heavy atom. The third-order valence-electron chi connectivity index (χ3n) is 3.23. The van der Waals surface area contributed by atoms with E-state index < -0.39 is 0 Å². The standard InChI is InChI=1S/C14H11N3OS/c1-2-5-11-10(4-1)14(12-8-15-9-18-12)16-17(11)13-6-3-7-19-13/h1,3-4,6-9H,2,5H2. The lowest BCUT2D eigenvalue weighted by molar-refractivity contribution is 0.569. The zero-order valence-electron chi connectivity index (χ0n) is 10.1.